The van der Waals surface area contributed by atoms with Gasteiger partial charge in [-0.3, -0.25) is 0 Å². The largest absolute Gasteiger partial charge is 0.423 e. The molecule has 5 heteroatoms. The van der Waals surface area contributed by atoms with E-state index in [0.717, 1.165) is 5.56 Å². The van der Waals surface area contributed by atoms with Crippen molar-refractivity contribution in [3.8, 4) is 5.75 Å². The highest BCUT2D eigenvalue weighted by atomic mass is 32.4. The second kappa shape index (κ2) is 5.58. The lowest BCUT2D eigenvalue weighted by Crippen LogP contribution is -2.07. The maximum Gasteiger partial charge on any atom is 0.338 e. The van der Waals surface area contributed by atoms with Crippen LogP contribution in [-0.4, -0.2) is 17.5 Å². The first-order valence-electron chi connectivity index (χ1n) is 5.04. The fraction of sp³-hybridized carbons (Fsp3) is 0.250. The summed E-state index contributed by atoms with van der Waals surface area (Å²) < 4.78 is 5.04. The van der Waals surface area contributed by atoms with Crippen LogP contribution in [0.5, 0.6) is 5.75 Å². The van der Waals surface area contributed by atoms with Crippen LogP contribution in [0.3, 0.4) is 0 Å². The Bertz CT molecular complexity index is 473. The summed E-state index contributed by atoms with van der Waals surface area (Å²) in [6.45, 7) is 6.77. The minimum Gasteiger partial charge on any atom is -0.423 e. The van der Waals surface area contributed by atoms with Crippen LogP contribution in [-0.2, 0) is 22.8 Å². The van der Waals surface area contributed by atoms with E-state index in [1.54, 1.807) is 37.9 Å². The summed E-state index contributed by atoms with van der Waals surface area (Å²) in [5.74, 6) is 0.0182. The molecule has 92 valence electrons. The van der Waals surface area contributed by atoms with Crippen molar-refractivity contribution in [1.82, 2.24) is 0 Å². The molecule has 0 aliphatic heterocycles. The Labute approximate surface area is 106 Å². The van der Waals surface area contributed by atoms with E-state index < -0.39 is 12.2 Å². The lowest BCUT2D eigenvalue weighted by molar-refractivity contribution is -0.130. The molecule has 0 radical (unpaired) electrons. The topological polar surface area (TPSA) is 46.5 Å². The molecule has 0 bridgehead atoms. The Morgan fingerprint density at radius 3 is 2.41 bits per heavy atom. The summed E-state index contributed by atoms with van der Waals surface area (Å²) in [6, 6.07) is 6.95. The molecule has 0 aliphatic rings. The number of rotatable bonds is 4. The molecule has 1 aromatic carbocycles. The van der Waals surface area contributed by atoms with Crippen LogP contribution in [0, 0.1) is 0 Å². The van der Waals surface area contributed by atoms with Crippen molar-refractivity contribution in [3.05, 3.63) is 42.0 Å². The molecular formula is C12H15O3PS. The predicted octanol–water partition coefficient (Wildman–Crippen LogP) is 2.68. The van der Waals surface area contributed by atoms with Crippen molar-refractivity contribution >= 4 is 24.0 Å². The van der Waals surface area contributed by atoms with Crippen molar-refractivity contribution in [1.29, 1.82) is 0 Å². The Hall–Kier alpha value is -0.960. The lowest BCUT2D eigenvalue weighted by atomic mass is 10.2. The van der Waals surface area contributed by atoms with Gasteiger partial charge in [0.05, 0.1) is 6.26 Å². The van der Waals surface area contributed by atoms with Gasteiger partial charge >= 0.3 is 5.97 Å². The fourth-order valence-electron chi connectivity index (χ4n) is 1.20. The van der Waals surface area contributed by atoms with Gasteiger partial charge in [-0.25, -0.2) is 4.79 Å². The summed E-state index contributed by atoms with van der Waals surface area (Å²) in [4.78, 5) is 20.8. The standard InChI is InChI=1S/C12H15O3PS/c1-9(2)12(13)15-11-6-4-10(5-7-11)8-16(3,14)17/h4-7H,1,8H2,2-3H3,(H,14,17). The van der Waals surface area contributed by atoms with E-state index in [4.69, 9.17) is 16.5 Å². The number of ether oxygens (including phenoxy) is 1. The highest BCUT2D eigenvalue weighted by Gasteiger charge is 2.08. The Kier molecular flexibility index (Phi) is 4.63. The van der Waals surface area contributed by atoms with E-state index in [-0.39, 0.29) is 0 Å². The molecule has 17 heavy (non-hydrogen) atoms. The van der Waals surface area contributed by atoms with Crippen molar-refractivity contribution in [2.75, 3.05) is 6.66 Å². The number of hydrogen-bond donors (Lipinski definition) is 1. The first-order chi connectivity index (χ1) is 7.78. The molecule has 1 aromatic rings. The van der Waals surface area contributed by atoms with Gasteiger partial charge in [-0.15, -0.1) is 0 Å². The van der Waals surface area contributed by atoms with Crippen LogP contribution < -0.4 is 4.74 Å². The van der Waals surface area contributed by atoms with Crippen molar-refractivity contribution in [2.45, 2.75) is 13.1 Å². The predicted molar refractivity (Wildman–Crippen MR) is 73.0 cm³/mol. The number of esters is 1. The third-order valence-electron chi connectivity index (χ3n) is 1.96. The summed E-state index contributed by atoms with van der Waals surface area (Å²) in [6.07, 6.45) is -1.75. The molecule has 1 atom stereocenters. The van der Waals surface area contributed by atoms with Crippen molar-refractivity contribution in [3.63, 3.8) is 0 Å². The highest BCUT2D eigenvalue weighted by Crippen LogP contribution is 2.40. The van der Waals surface area contributed by atoms with E-state index in [9.17, 15) is 9.69 Å². The molecule has 1 rings (SSSR count). The highest BCUT2D eigenvalue weighted by molar-refractivity contribution is 8.11. The van der Waals surface area contributed by atoms with Gasteiger partial charge < -0.3 is 9.63 Å². The lowest BCUT2D eigenvalue weighted by Gasteiger charge is -2.09. The quantitative estimate of drug-likeness (QED) is 0.395. The minimum atomic E-state index is -2.23. The summed E-state index contributed by atoms with van der Waals surface area (Å²) in [5.41, 5.74) is 1.29. The van der Waals surface area contributed by atoms with Crippen LogP contribution in [0.25, 0.3) is 0 Å². The van der Waals surface area contributed by atoms with Gasteiger partial charge in [0, 0.05) is 11.7 Å². The zero-order valence-electron chi connectivity index (χ0n) is 9.84. The Balaban J connectivity index is 2.72. The number of carbonyl (C=O) groups is 1. The van der Waals surface area contributed by atoms with E-state index in [0.29, 0.717) is 17.5 Å². The van der Waals surface area contributed by atoms with Gasteiger partial charge in [0.1, 0.15) is 5.75 Å². The maximum absolute atomic E-state index is 11.3. The number of hydrogen-bond acceptors (Lipinski definition) is 3. The third kappa shape index (κ3) is 5.26. The monoisotopic (exact) mass is 270 g/mol. The minimum absolute atomic E-state index is 0.355. The molecule has 0 aliphatic carbocycles. The molecule has 1 unspecified atom stereocenters. The zero-order valence-corrected chi connectivity index (χ0v) is 11.6. The van der Waals surface area contributed by atoms with E-state index in [2.05, 4.69) is 6.58 Å². The molecule has 3 nitrogen and oxygen atoms in total. The average Bonchev–Trinajstić information content (AvgIpc) is 2.18. The van der Waals surface area contributed by atoms with Crippen LogP contribution in [0.15, 0.2) is 36.4 Å². The van der Waals surface area contributed by atoms with Gasteiger partial charge in [-0.05, 0) is 31.3 Å². The molecule has 0 spiro atoms. The molecule has 0 heterocycles. The molecule has 0 aromatic heterocycles. The van der Waals surface area contributed by atoms with E-state index in [1.807, 2.05) is 0 Å². The summed E-state index contributed by atoms with van der Waals surface area (Å²) in [7, 11) is 0. The maximum atomic E-state index is 11.3. The summed E-state index contributed by atoms with van der Waals surface area (Å²) >= 11 is 4.97. The fourth-order valence-corrected chi connectivity index (χ4v) is 2.53. The van der Waals surface area contributed by atoms with E-state index >= 15 is 0 Å². The second-order valence-electron chi connectivity index (χ2n) is 4.02. The first-order valence-corrected chi connectivity index (χ1v) is 8.42. The number of benzene rings is 1. The molecule has 0 fully saturated rings. The van der Waals surface area contributed by atoms with Gasteiger partial charge in [0.25, 0.3) is 0 Å². The SMILES string of the molecule is C=C(C)C(=O)Oc1ccc(CP(C)(O)=S)cc1. The smallest absolute Gasteiger partial charge is 0.338 e. The van der Waals surface area contributed by atoms with Gasteiger partial charge in [0.2, 0.25) is 0 Å². The normalized spacial score (nSPS) is 13.8. The third-order valence-corrected chi connectivity index (χ3v) is 3.30. The van der Waals surface area contributed by atoms with Crippen LogP contribution >= 0.6 is 6.26 Å². The van der Waals surface area contributed by atoms with Gasteiger partial charge in [-0.2, -0.15) is 0 Å². The van der Waals surface area contributed by atoms with Crippen molar-refractivity contribution in [2.24, 2.45) is 0 Å². The molecule has 0 saturated heterocycles. The van der Waals surface area contributed by atoms with Gasteiger partial charge in [-0.1, -0.05) is 30.5 Å². The Morgan fingerprint density at radius 1 is 1.47 bits per heavy atom. The van der Waals surface area contributed by atoms with Crippen molar-refractivity contribution < 1.29 is 14.4 Å². The molecule has 0 saturated carbocycles. The molecular weight excluding hydrogens is 255 g/mol. The number of carbonyl (C=O) groups excluding carboxylic acids is 1. The zero-order chi connectivity index (χ0) is 13.1. The summed E-state index contributed by atoms with van der Waals surface area (Å²) in [5, 5.41) is 0. The van der Waals surface area contributed by atoms with Gasteiger partial charge in [0.15, 0.2) is 0 Å². The van der Waals surface area contributed by atoms with E-state index in [1.165, 1.54) is 0 Å². The average molecular weight is 270 g/mol. The first kappa shape index (κ1) is 14.1. The van der Waals surface area contributed by atoms with Crippen LogP contribution in [0.4, 0.5) is 0 Å². The molecule has 0 amide bonds. The van der Waals surface area contributed by atoms with Crippen LogP contribution in [0.1, 0.15) is 12.5 Å². The van der Waals surface area contributed by atoms with Crippen LogP contribution in [0.2, 0.25) is 0 Å². The Morgan fingerprint density at radius 2 is 2.00 bits per heavy atom. The second-order valence-corrected chi connectivity index (χ2v) is 8.80. The molecule has 1 N–H and O–H groups in total.